The van der Waals surface area contributed by atoms with Gasteiger partial charge in [0.15, 0.2) is 5.82 Å². The van der Waals surface area contributed by atoms with Gasteiger partial charge in [-0.25, -0.2) is 9.67 Å². The van der Waals surface area contributed by atoms with Crippen LogP contribution >= 0.6 is 0 Å². The molecule has 1 aliphatic carbocycles. The first kappa shape index (κ1) is 14.3. The van der Waals surface area contributed by atoms with E-state index < -0.39 is 0 Å². The molecular formula is C17H24N4. The van der Waals surface area contributed by atoms with Crippen LogP contribution in [0.4, 0.5) is 0 Å². The topological polar surface area (TPSA) is 42.7 Å². The molecule has 0 spiro atoms. The van der Waals surface area contributed by atoms with Gasteiger partial charge in [0.05, 0.1) is 5.69 Å². The first-order chi connectivity index (χ1) is 10.2. The maximum atomic E-state index is 4.69. The molecule has 1 fully saturated rings. The number of pyridine rings is 1. The smallest absolute Gasteiger partial charge is 0.154 e. The van der Waals surface area contributed by atoms with Crippen LogP contribution in [0.5, 0.6) is 0 Å². The molecule has 21 heavy (non-hydrogen) atoms. The van der Waals surface area contributed by atoms with Crippen LogP contribution in [0.2, 0.25) is 0 Å². The standard InChI is InChI=1S/C17H24N4/c1-4-14-10-16(5-2)21(20-14)17-9-13(8-12(3)19-17)11-18-15-6-7-15/h8-10,15,18H,4-7,11H2,1-3H3. The molecule has 1 N–H and O–H groups in total. The average molecular weight is 284 g/mol. The van der Waals surface area contributed by atoms with Crippen LogP contribution in [-0.2, 0) is 19.4 Å². The fraction of sp³-hybridized carbons (Fsp3) is 0.529. The summed E-state index contributed by atoms with van der Waals surface area (Å²) in [5.74, 6) is 0.944. The highest BCUT2D eigenvalue weighted by molar-refractivity contribution is 5.33. The van der Waals surface area contributed by atoms with Gasteiger partial charge in [0.25, 0.3) is 0 Å². The Bertz CT molecular complexity index is 626. The van der Waals surface area contributed by atoms with E-state index in [1.54, 1.807) is 0 Å². The van der Waals surface area contributed by atoms with Gasteiger partial charge in [0.2, 0.25) is 0 Å². The Morgan fingerprint density at radius 1 is 1.19 bits per heavy atom. The second-order valence-corrected chi connectivity index (χ2v) is 5.88. The second-order valence-electron chi connectivity index (χ2n) is 5.88. The van der Waals surface area contributed by atoms with Crippen molar-refractivity contribution in [1.82, 2.24) is 20.1 Å². The molecule has 112 valence electrons. The predicted octanol–water partition coefficient (Wildman–Crippen LogP) is 2.95. The number of hydrogen-bond donors (Lipinski definition) is 1. The number of hydrogen-bond acceptors (Lipinski definition) is 3. The molecule has 0 aliphatic heterocycles. The van der Waals surface area contributed by atoms with Gasteiger partial charge in [-0.2, -0.15) is 5.10 Å². The second kappa shape index (κ2) is 5.98. The van der Waals surface area contributed by atoms with Crippen molar-refractivity contribution in [3.8, 4) is 5.82 Å². The highest BCUT2D eigenvalue weighted by Gasteiger charge is 2.20. The molecule has 0 unspecified atom stereocenters. The SMILES string of the molecule is CCc1cc(CC)n(-c2cc(CNC3CC3)cc(C)n2)n1. The zero-order valence-electron chi connectivity index (χ0n) is 13.2. The van der Waals surface area contributed by atoms with Gasteiger partial charge in [-0.1, -0.05) is 13.8 Å². The molecule has 3 rings (SSSR count). The van der Waals surface area contributed by atoms with Crippen LogP contribution in [0.25, 0.3) is 5.82 Å². The van der Waals surface area contributed by atoms with Crippen molar-refractivity contribution >= 4 is 0 Å². The number of nitrogens with one attached hydrogen (secondary N) is 1. The Morgan fingerprint density at radius 2 is 2.00 bits per heavy atom. The summed E-state index contributed by atoms with van der Waals surface area (Å²) in [5.41, 5.74) is 4.70. The lowest BCUT2D eigenvalue weighted by atomic mass is 10.2. The molecule has 0 bridgehead atoms. The van der Waals surface area contributed by atoms with E-state index in [-0.39, 0.29) is 0 Å². The number of rotatable bonds is 6. The number of aromatic nitrogens is 3. The molecule has 4 heteroatoms. The van der Waals surface area contributed by atoms with Crippen LogP contribution in [-0.4, -0.2) is 20.8 Å². The minimum atomic E-state index is 0.726. The zero-order chi connectivity index (χ0) is 14.8. The Labute approximate surface area is 126 Å². The van der Waals surface area contributed by atoms with E-state index in [9.17, 15) is 0 Å². The minimum Gasteiger partial charge on any atom is -0.310 e. The molecule has 2 heterocycles. The molecule has 4 nitrogen and oxygen atoms in total. The van der Waals surface area contributed by atoms with E-state index in [0.29, 0.717) is 0 Å². The first-order valence-corrected chi connectivity index (χ1v) is 7.98. The molecule has 2 aromatic rings. The van der Waals surface area contributed by atoms with Gasteiger partial charge in [-0.05, 0) is 56.4 Å². The third-order valence-electron chi connectivity index (χ3n) is 3.95. The molecular weight excluding hydrogens is 260 g/mol. The fourth-order valence-electron chi connectivity index (χ4n) is 2.58. The molecule has 0 saturated heterocycles. The van der Waals surface area contributed by atoms with Crippen molar-refractivity contribution in [1.29, 1.82) is 0 Å². The molecule has 0 aromatic carbocycles. The Morgan fingerprint density at radius 3 is 2.67 bits per heavy atom. The Balaban J connectivity index is 1.91. The van der Waals surface area contributed by atoms with Gasteiger partial charge in [-0.3, -0.25) is 0 Å². The summed E-state index contributed by atoms with van der Waals surface area (Å²) >= 11 is 0. The minimum absolute atomic E-state index is 0.726. The van der Waals surface area contributed by atoms with Gasteiger partial charge in [0.1, 0.15) is 0 Å². The van der Waals surface area contributed by atoms with E-state index in [0.717, 1.165) is 42.6 Å². The third-order valence-corrected chi connectivity index (χ3v) is 3.95. The Hall–Kier alpha value is -1.68. The van der Waals surface area contributed by atoms with Crippen LogP contribution < -0.4 is 5.32 Å². The summed E-state index contributed by atoms with van der Waals surface area (Å²) in [6.07, 6.45) is 4.56. The molecule has 1 aliphatic rings. The molecule has 0 radical (unpaired) electrons. The monoisotopic (exact) mass is 284 g/mol. The van der Waals surface area contributed by atoms with Crippen molar-refractivity contribution < 1.29 is 0 Å². The normalized spacial score (nSPS) is 14.6. The average Bonchev–Trinajstić information content (AvgIpc) is 3.21. The summed E-state index contributed by atoms with van der Waals surface area (Å²) in [5, 5.41) is 8.26. The lowest BCUT2D eigenvalue weighted by molar-refractivity contribution is 0.683. The quantitative estimate of drug-likeness (QED) is 0.887. The van der Waals surface area contributed by atoms with E-state index >= 15 is 0 Å². The third kappa shape index (κ3) is 3.32. The van der Waals surface area contributed by atoms with Crippen molar-refractivity contribution in [3.63, 3.8) is 0 Å². The van der Waals surface area contributed by atoms with Crippen molar-refractivity contribution in [2.75, 3.05) is 0 Å². The highest BCUT2D eigenvalue weighted by atomic mass is 15.3. The van der Waals surface area contributed by atoms with Crippen molar-refractivity contribution in [2.45, 2.75) is 59.0 Å². The first-order valence-electron chi connectivity index (χ1n) is 7.98. The van der Waals surface area contributed by atoms with Gasteiger partial charge < -0.3 is 5.32 Å². The summed E-state index contributed by atoms with van der Waals surface area (Å²) < 4.78 is 2.01. The largest absolute Gasteiger partial charge is 0.310 e. The van der Waals surface area contributed by atoms with Crippen LogP contribution in [0.3, 0.4) is 0 Å². The van der Waals surface area contributed by atoms with Crippen LogP contribution in [0.15, 0.2) is 18.2 Å². The summed E-state index contributed by atoms with van der Waals surface area (Å²) in [6.45, 7) is 7.28. The van der Waals surface area contributed by atoms with E-state index in [4.69, 9.17) is 5.10 Å². The van der Waals surface area contributed by atoms with E-state index in [2.05, 4.69) is 49.3 Å². The fourth-order valence-corrected chi connectivity index (χ4v) is 2.58. The molecule has 0 atom stereocenters. The van der Waals surface area contributed by atoms with Gasteiger partial charge >= 0.3 is 0 Å². The maximum Gasteiger partial charge on any atom is 0.154 e. The van der Waals surface area contributed by atoms with Crippen molar-refractivity contribution in [2.24, 2.45) is 0 Å². The van der Waals surface area contributed by atoms with Gasteiger partial charge in [0, 0.05) is 24.0 Å². The molecule has 1 saturated carbocycles. The van der Waals surface area contributed by atoms with Crippen molar-refractivity contribution in [3.05, 3.63) is 40.8 Å². The summed E-state index contributed by atoms with van der Waals surface area (Å²) in [4.78, 5) is 4.68. The lowest BCUT2D eigenvalue weighted by Gasteiger charge is -2.10. The summed E-state index contributed by atoms with van der Waals surface area (Å²) in [6, 6.07) is 7.24. The van der Waals surface area contributed by atoms with Crippen LogP contribution in [0, 0.1) is 6.92 Å². The molecule has 0 amide bonds. The number of nitrogens with zero attached hydrogens (tertiary/aromatic N) is 3. The van der Waals surface area contributed by atoms with Crippen LogP contribution in [0.1, 0.15) is 49.3 Å². The molecule has 2 aromatic heterocycles. The van der Waals surface area contributed by atoms with E-state index in [1.807, 2.05) is 4.68 Å². The van der Waals surface area contributed by atoms with Gasteiger partial charge in [-0.15, -0.1) is 0 Å². The number of aryl methyl sites for hydroxylation is 3. The van der Waals surface area contributed by atoms with E-state index in [1.165, 1.54) is 24.1 Å². The maximum absolute atomic E-state index is 4.69. The zero-order valence-corrected chi connectivity index (χ0v) is 13.2. The Kier molecular flexibility index (Phi) is 4.06. The predicted molar refractivity (Wildman–Crippen MR) is 84.7 cm³/mol. The lowest BCUT2D eigenvalue weighted by Crippen LogP contribution is -2.16. The highest BCUT2D eigenvalue weighted by Crippen LogP contribution is 2.20. The summed E-state index contributed by atoms with van der Waals surface area (Å²) in [7, 11) is 0.